The summed E-state index contributed by atoms with van der Waals surface area (Å²) < 4.78 is 34.4. The molecule has 0 spiro atoms. The molecule has 8 nitrogen and oxygen atoms in total. The minimum Gasteiger partial charge on any atom is -0.444 e. The SMILES string of the molecule is CC(C)(C)OC(=O)N1CCCC[C@@H](NS(=O)(=O)OCC(Cl)(Cl)Cl)[C@@H]1C#N. The average molecular weight is 451 g/mol. The number of amides is 1. The van der Waals surface area contributed by atoms with E-state index in [9.17, 15) is 18.5 Å². The minimum absolute atomic E-state index is 0.278. The Kier molecular flexibility index (Phi) is 8.26. The maximum Gasteiger partial charge on any atom is 0.411 e. The van der Waals surface area contributed by atoms with Crippen molar-refractivity contribution in [1.29, 1.82) is 5.26 Å². The maximum atomic E-state index is 12.4. The molecule has 1 rings (SSSR count). The van der Waals surface area contributed by atoms with Gasteiger partial charge in [0.15, 0.2) is 0 Å². The lowest BCUT2D eigenvalue weighted by Crippen LogP contribution is -2.53. The van der Waals surface area contributed by atoms with Crippen molar-refractivity contribution < 1.29 is 22.1 Å². The Morgan fingerprint density at radius 3 is 2.42 bits per heavy atom. The molecule has 0 bridgehead atoms. The Bertz CT molecular complexity index is 640. The molecule has 1 aliphatic rings. The monoisotopic (exact) mass is 449 g/mol. The summed E-state index contributed by atoms with van der Waals surface area (Å²) in [5.74, 6) is 0. The highest BCUT2D eigenvalue weighted by molar-refractivity contribution is 7.84. The molecule has 0 aliphatic carbocycles. The van der Waals surface area contributed by atoms with Gasteiger partial charge in [0.25, 0.3) is 0 Å². The van der Waals surface area contributed by atoms with Crippen LogP contribution in [0, 0.1) is 11.3 Å². The van der Waals surface area contributed by atoms with E-state index in [0.29, 0.717) is 19.3 Å². The van der Waals surface area contributed by atoms with Crippen LogP contribution in [0.2, 0.25) is 0 Å². The van der Waals surface area contributed by atoms with E-state index in [1.54, 1.807) is 20.8 Å². The Morgan fingerprint density at radius 2 is 1.92 bits per heavy atom. The predicted octanol–water partition coefficient (Wildman–Crippen LogP) is 2.89. The Hall–Kier alpha value is -0.500. The molecule has 0 aromatic heterocycles. The molecule has 150 valence electrons. The van der Waals surface area contributed by atoms with Crippen LogP contribution in [0.15, 0.2) is 0 Å². The van der Waals surface area contributed by atoms with Gasteiger partial charge < -0.3 is 4.74 Å². The number of nitrogens with zero attached hydrogens (tertiary/aromatic N) is 2. The zero-order chi connectivity index (χ0) is 20.2. The molecule has 0 radical (unpaired) electrons. The van der Waals surface area contributed by atoms with Crippen LogP contribution in [-0.2, 0) is 19.2 Å². The number of hydrogen-bond acceptors (Lipinski definition) is 6. The summed E-state index contributed by atoms with van der Waals surface area (Å²) in [4.78, 5) is 13.6. The number of nitriles is 1. The third kappa shape index (κ3) is 8.46. The Labute approximate surface area is 168 Å². The number of hydrogen-bond donors (Lipinski definition) is 1. The first kappa shape index (κ1) is 23.5. The number of likely N-dealkylation sites (tertiary alicyclic amines) is 1. The lowest BCUT2D eigenvalue weighted by molar-refractivity contribution is 0.0194. The fraction of sp³-hybridized carbons (Fsp3) is 0.857. The maximum absolute atomic E-state index is 12.4. The van der Waals surface area contributed by atoms with E-state index in [1.165, 1.54) is 4.90 Å². The molecule has 1 amide bonds. The number of ether oxygens (including phenoxy) is 1. The largest absolute Gasteiger partial charge is 0.444 e. The van der Waals surface area contributed by atoms with E-state index in [1.807, 2.05) is 6.07 Å². The summed E-state index contributed by atoms with van der Waals surface area (Å²) in [6.07, 6.45) is 0.866. The summed E-state index contributed by atoms with van der Waals surface area (Å²) in [7, 11) is -4.29. The fourth-order valence-electron chi connectivity index (χ4n) is 2.33. The second kappa shape index (κ2) is 9.13. The van der Waals surface area contributed by atoms with Gasteiger partial charge in [-0.3, -0.25) is 9.08 Å². The van der Waals surface area contributed by atoms with Crippen molar-refractivity contribution in [1.82, 2.24) is 9.62 Å². The van der Waals surface area contributed by atoms with Gasteiger partial charge in [-0.05, 0) is 40.0 Å². The third-order valence-corrected chi connectivity index (χ3v) is 4.66. The highest BCUT2D eigenvalue weighted by Gasteiger charge is 2.38. The number of alkyl halides is 3. The van der Waals surface area contributed by atoms with Crippen LogP contribution in [0.5, 0.6) is 0 Å². The number of rotatable bonds is 4. The second-order valence-electron chi connectivity index (χ2n) is 6.80. The quantitative estimate of drug-likeness (QED) is 0.660. The number of carbonyl (C=O) groups excluding carboxylic acids is 1. The molecule has 12 heteroatoms. The molecular formula is C14H22Cl3N3O5S. The first-order valence-electron chi connectivity index (χ1n) is 7.87. The molecule has 1 saturated heterocycles. The molecule has 0 unspecified atom stereocenters. The van der Waals surface area contributed by atoms with Crippen LogP contribution in [0.4, 0.5) is 4.79 Å². The molecule has 1 heterocycles. The molecule has 1 fully saturated rings. The van der Waals surface area contributed by atoms with Crippen LogP contribution < -0.4 is 4.72 Å². The molecule has 2 atom stereocenters. The Morgan fingerprint density at radius 1 is 1.31 bits per heavy atom. The second-order valence-corrected chi connectivity index (χ2v) is 10.7. The first-order valence-corrected chi connectivity index (χ1v) is 10.4. The molecular weight excluding hydrogens is 429 g/mol. The molecule has 0 aromatic carbocycles. The van der Waals surface area contributed by atoms with Gasteiger partial charge in [0, 0.05) is 6.54 Å². The van der Waals surface area contributed by atoms with Crippen LogP contribution in [0.3, 0.4) is 0 Å². The third-order valence-electron chi connectivity index (χ3n) is 3.31. The number of halogens is 3. The van der Waals surface area contributed by atoms with Crippen LogP contribution in [0.1, 0.15) is 40.0 Å². The van der Waals surface area contributed by atoms with Gasteiger partial charge in [-0.1, -0.05) is 34.8 Å². The molecule has 0 aromatic rings. The summed E-state index contributed by atoms with van der Waals surface area (Å²) in [6, 6.07) is 0.0339. The lowest BCUT2D eigenvalue weighted by Gasteiger charge is -2.32. The first-order chi connectivity index (χ1) is 11.7. The van der Waals surface area contributed by atoms with Gasteiger partial charge in [-0.15, -0.1) is 0 Å². The topological polar surface area (TPSA) is 109 Å². The Balaban J connectivity index is 2.92. The van der Waals surface area contributed by atoms with Gasteiger partial charge in [0.1, 0.15) is 18.2 Å². The van der Waals surface area contributed by atoms with Crippen molar-refractivity contribution in [2.75, 3.05) is 13.2 Å². The van der Waals surface area contributed by atoms with Gasteiger partial charge in [-0.2, -0.15) is 18.4 Å². The van der Waals surface area contributed by atoms with Crippen molar-refractivity contribution in [3.05, 3.63) is 0 Å². The minimum atomic E-state index is -4.29. The van der Waals surface area contributed by atoms with E-state index >= 15 is 0 Å². The van der Waals surface area contributed by atoms with Crippen molar-refractivity contribution in [3.8, 4) is 6.07 Å². The molecule has 0 saturated carbocycles. The zero-order valence-electron chi connectivity index (χ0n) is 14.7. The highest BCUT2D eigenvalue weighted by atomic mass is 35.6. The predicted molar refractivity (Wildman–Crippen MR) is 98.3 cm³/mol. The summed E-state index contributed by atoms with van der Waals surface area (Å²) in [5.41, 5.74) is -0.744. The number of carbonyl (C=O) groups is 1. The fourth-order valence-corrected chi connectivity index (χ4v) is 3.71. The van der Waals surface area contributed by atoms with Crippen molar-refractivity contribution in [3.63, 3.8) is 0 Å². The van der Waals surface area contributed by atoms with Crippen molar-refractivity contribution in [2.45, 2.75) is 61.5 Å². The smallest absolute Gasteiger partial charge is 0.411 e. The zero-order valence-corrected chi connectivity index (χ0v) is 17.8. The molecule has 1 aliphatic heterocycles. The van der Waals surface area contributed by atoms with Gasteiger partial charge >= 0.3 is 16.4 Å². The summed E-state index contributed by atoms with van der Waals surface area (Å²) in [6.45, 7) is 4.70. The lowest BCUT2D eigenvalue weighted by atomic mass is 10.1. The van der Waals surface area contributed by atoms with E-state index in [-0.39, 0.29) is 6.54 Å². The summed E-state index contributed by atoms with van der Waals surface area (Å²) in [5, 5.41) is 9.52. The van der Waals surface area contributed by atoms with Crippen molar-refractivity contribution in [2.24, 2.45) is 0 Å². The van der Waals surface area contributed by atoms with Gasteiger partial charge in [0.05, 0.1) is 12.1 Å². The van der Waals surface area contributed by atoms with Crippen LogP contribution in [-0.4, -0.2) is 54.0 Å². The van der Waals surface area contributed by atoms with Crippen molar-refractivity contribution >= 4 is 51.2 Å². The van der Waals surface area contributed by atoms with Crippen LogP contribution in [0.25, 0.3) is 0 Å². The van der Waals surface area contributed by atoms with E-state index in [2.05, 4.69) is 8.91 Å². The highest BCUT2D eigenvalue weighted by Crippen LogP contribution is 2.27. The standard InChI is InChI=1S/C14H22Cl3N3O5S/c1-13(2,3)25-12(21)20-7-5-4-6-10(11(20)8-18)19-26(22,23)24-9-14(15,16)17/h10-11,19H,4-7,9H2,1-3H3/t10-,11+/m1/s1. The van der Waals surface area contributed by atoms with Crippen LogP contribution >= 0.6 is 34.8 Å². The van der Waals surface area contributed by atoms with E-state index < -0.39 is 44.5 Å². The van der Waals surface area contributed by atoms with E-state index in [0.717, 1.165) is 0 Å². The van der Waals surface area contributed by atoms with E-state index in [4.69, 9.17) is 39.5 Å². The number of nitrogens with one attached hydrogen (secondary N) is 1. The molecule has 1 N–H and O–H groups in total. The summed E-state index contributed by atoms with van der Waals surface area (Å²) >= 11 is 16.4. The average Bonchev–Trinajstić information content (AvgIpc) is 2.64. The molecule has 26 heavy (non-hydrogen) atoms. The van der Waals surface area contributed by atoms with Gasteiger partial charge in [-0.25, -0.2) is 4.79 Å². The van der Waals surface area contributed by atoms with Gasteiger partial charge in [0.2, 0.25) is 3.79 Å². The normalized spacial score (nSPS) is 22.4.